The quantitative estimate of drug-likeness (QED) is 0.905. The van der Waals surface area contributed by atoms with Crippen molar-refractivity contribution < 1.29 is 19.4 Å². The summed E-state index contributed by atoms with van der Waals surface area (Å²) in [5.74, 6) is -0.799. The summed E-state index contributed by atoms with van der Waals surface area (Å²) in [6, 6.07) is 9.66. The average molecular weight is 303 g/mol. The van der Waals surface area contributed by atoms with E-state index in [9.17, 15) is 9.90 Å². The van der Waals surface area contributed by atoms with Crippen LogP contribution in [0.1, 0.15) is 37.7 Å². The summed E-state index contributed by atoms with van der Waals surface area (Å²) in [6.45, 7) is 0.382. The maximum atomic E-state index is 12.6. The fourth-order valence-electron chi connectivity index (χ4n) is 3.79. The Morgan fingerprint density at radius 2 is 1.86 bits per heavy atom. The molecule has 1 amide bonds. The molecule has 1 aliphatic carbocycles. The van der Waals surface area contributed by atoms with E-state index in [1.807, 2.05) is 30.3 Å². The van der Waals surface area contributed by atoms with Crippen molar-refractivity contribution in [3.63, 3.8) is 0 Å². The van der Waals surface area contributed by atoms with Gasteiger partial charge in [0.15, 0.2) is 18.1 Å². The first-order valence-electron chi connectivity index (χ1n) is 8.07. The van der Waals surface area contributed by atoms with Gasteiger partial charge in [-0.05, 0) is 18.4 Å². The minimum Gasteiger partial charge on any atom is -0.371 e. The molecule has 3 fully saturated rings. The normalized spacial score (nSPS) is 33.4. The van der Waals surface area contributed by atoms with Gasteiger partial charge in [0.25, 0.3) is 5.91 Å². The van der Waals surface area contributed by atoms with E-state index in [0.717, 1.165) is 31.2 Å². The number of benzene rings is 1. The molecular formula is C17H21NO4. The highest BCUT2D eigenvalue weighted by molar-refractivity contribution is 5.85. The molecule has 3 unspecified atom stereocenters. The van der Waals surface area contributed by atoms with Crippen LogP contribution in [0, 0.1) is 0 Å². The molecule has 2 aliphatic heterocycles. The summed E-state index contributed by atoms with van der Waals surface area (Å²) >= 11 is 0. The Morgan fingerprint density at radius 1 is 1.14 bits per heavy atom. The third kappa shape index (κ3) is 2.24. The number of nitrogens with zero attached hydrogens (tertiary/aromatic N) is 1. The number of aliphatic hydroxyl groups is 1. The van der Waals surface area contributed by atoms with Crippen molar-refractivity contribution >= 4 is 5.91 Å². The number of rotatable bonds is 2. The first-order chi connectivity index (χ1) is 10.7. The van der Waals surface area contributed by atoms with Gasteiger partial charge in [-0.2, -0.15) is 0 Å². The third-order valence-electron chi connectivity index (χ3n) is 4.94. The number of hydrogen-bond donors (Lipinski definition) is 1. The van der Waals surface area contributed by atoms with Crippen LogP contribution >= 0.6 is 0 Å². The lowest BCUT2D eigenvalue weighted by Gasteiger charge is -2.34. The number of carbonyl (C=O) groups is 1. The van der Waals surface area contributed by atoms with Gasteiger partial charge in [0, 0.05) is 19.4 Å². The monoisotopic (exact) mass is 303 g/mol. The number of likely N-dealkylation sites (tertiary alicyclic amines) is 1. The molecule has 4 rings (SSSR count). The second-order valence-corrected chi connectivity index (χ2v) is 6.46. The molecule has 118 valence electrons. The van der Waals surface area contributed by atoms with E-state index in [-0.39, 0.29) is 5.91 Å². The summed E-state index contributed by atoms with van der Waals surface area (Å²) in [5.41, 5.74) is 0.988. The van der Waals surface area contributed by atoms with E-state index >= 15 is 0 Å². The van der Waals surface area contributed by atoms with Gasteiger partial charge < -0.3 is 19.5 Å². The topological polar surface area (TPSA) is 59.0 Å². The van der Waals surface area contributed by atoms with Crippen molar-refractivity contribution in [3.05, 3.63) is 35.9 Å². The van der Waals surface area contributed by atoms with Gasteiger partial charge in [0.1, 0.15) is 6.10 Å². The smallest absolute Gasteiger partial charge is 0.257 e. The fourth-order valence-corrected chi connectivity index (χ4v) is 3.79. The summed E-state index contributed by atoms with van der Waals surface area (Å²) in [7, 11) is 0. The summed E-state index contributed by atoms with van der Waals surface area (Å²) in [6.07, 6.45) is 2.78. The molecule has 3 aliphatic rings. The van der Waals surface area contributed by atoms with Crippen molar-refractivity contribution in [2.24, 2.45) is 0 Å². The Balaban J connectivity index is 1.50. The number of ether oxygens (including phenoxy) is 2. The number of hydrogen-bond acceptors (Lipinski definition) is 4. The average Bonchev–Trinajstić information content (AvgIpc) is 3.00. The first-order valence-corrected chi connectivity index (χ1v) is 8.07. The molecule has 0 radical (unpaired) electrons. The van der Waals surface area contributed by atoms with Crippen LogP contribution in [0.4, 0.5) is 0 Å². The van der Waals surface area contributed by atoms with Gasteiger partial charge >= 0.3 is 0 Å². The predicted octanol–water partition coefficient (Wildman–Crippen LogP) is 1.79. The molecule has 1 aromatic rings. The largest absolute Gasteiger partial charge is 0.371 e. The van der Waals surface area contributed by atoms with Crippen molar-refractivity contribution in [2.75, 3.05) is 0 Å². The third-order valence-corrected chi connectivity index (χ3v) is 4.94. The Labute approximate surface area is 129 Å². The van der Waals surface area contributed by atoms with E-state index in [2.05, 4.69) is 0 Å². The Bertz CT molecular complexity index is 555. The summed E-state index contributed by atoms with van der Waals surface area (Å²) in [5, 5.41) is 10.5. The van der Waals surface area contributed by atoms with Crippen molar-refractivity contribution in [2.45, 2.75) is 62.9 Å². The fraction of sp³-hybridized carbons (Fsp3) is 0.588. The minimum absolute atomic E-state index is 0.163. The molecule has 1 spiro atoms. The van der Waals surface area contributed by atoms with Crippen molar-refractivity contribution in [1.29, 1.82) is 0 Å². The van der Waals surface area contributed by atoms with Crippen molar-refractivity contribution in [1.82, 2.24) is 4.90 Å². The van der Waals surface area contributed by atoms with E-state index in [0.29, 0.717) is 6.54 Å². The van der Waals surface area contributed by atoms with E-state index in [4.69, 9.17) is 9.47 Å². The molecule has 1 saturated carbocycles. The molecule has 1 aromatic carbocycles. The zero-order valence-corrected chi connectivity index (χ0v) is 12.5. The Morgan fingerprint density at radius 3 is 2.55 bits per heavy atom. The lowest BCUT2D eigenvalue weighted by molar-refractivity contribution is -0.218. The lowest BCUT2D eigenvalue weighted by atomic mass is 9.94. The SMILES string of the molecule is O=C1C2OC3(CCCCC3)OC2C(O)N1Cc1ccccc1. The van der Waals surface area contributed by atoms with Crippen LogP contribution in [0.15, 0.2) is 30.3 Å². The highest BCUT2D eigenvalue weighted by atomic mass is 16.8. The molecule has 1 N–H and O–H groups in total. The second-order valence-electron chi connectivity index (χ2n) is 6.46. The van der Waals surface area contributed by atoms with E-state index in [1.54, 1.807) is 0 Å². The van der Waals surface area contributed by atoms with Gasteiger partial charge in [-0.1, -0.05) is 36.8 Å². The number of fused-ring (bicyclic) bond motifs is 1. The number of amides is 1. The standard InChI is InChI=1S/C17H21NO4/c19-15-13-14(22-17(21-13)9-5-2-6-10-17)16(20)18(15)11-12-7-3-1-4-8-12/h1,3-4,7-8,13-15,19H,2,5-6,9-11H2. The summed E-state index contributed by atoms with van der Waals surface area (Å²) < 4.78 is 12.0. The Hall–Kier alpha value is -1.43. The molecule has 5 nitrogen and oxygen atoms in total. The highest BCUT2D eigenvalue weighted by Crippen LogP contribution is 2.44. The van der Waals surface area contributed by atoms with Crippen molar-refractivity contribution in [3.8, 4) is 0 Å². The van der Waals surface area contributed by atoms with Gasteiger partial charge in [-0.25, -0.2) is 0 Å². The van der Waals surface area contributed by atoms with Crippen LogP contribution in [0.2, 0.25) is 0 Å². The molecular weight excluding hydrogens is 282 g/mol. The van der Waals surface area contributed by atoms with Gasteiger partial charge in [-0.3, -0.25) is 4.79 Å². The molecule has 5 heteroatoms. The minimum atomic E-state index is -0.931. The molecule has 0 aromatic heterocycles. The molecule has 2 heterocycles. The maximum Gasteiger partial charge on any atom is 0.257 e. The highest BCUT2D eigenvalue weighted by Gasteiger charge is 2.59. The first kappa shape index (κ1) is 14.2. The maximum absolute atomic E-state index is 12.6. The van der Waals surface area contributed by atoms with Crippen LogP contribution < -0.4 is 0 Å². The molecule has 2 saturated heterocycles. The molecule has 3 atom stereocenters. The van der Waals surface area contributed by atoms with Crippen LogP contribution in [0.5, 0.6) is 0 Å². The second kappa shape index (κ2) is 5.33. The number of carbonyl (C=O) groups excluding carboxylic acids is 1. The van der Waals surface area contributed by atoms with E-state index < -0.39 is 24.2 Å². The predicted molar refractivity (Wildman–Crippen MR) is 78.6 cm³/mol. The van der Waals surface area contributed by atoms with Gasteiger partial charge in [0.05, 0.1) is 0 Å². The Kier molecular flexibility index (Phi) is 3.44. The van der Waals surface area contributed by atoms with E-state index in [1.165, 1.54) is 11.3 Å². The molecule has 22 heavy (non-hydrogen) atoms. The van der Waals surface area contributed by atoms with Gasteiger partial charge in [-0.15, -0.1) is 0 Å². The number of aliphatic hydroxyl groups excluding tert-OH is 1. The summed E-state index contributed by atoms with van der Waals surface area (Å²) in [4.78, 5) is 14.0. The lowest BCUT2D eigenvalue weighted by Crippen LogP contribution is -2.42. The zero-order valence-electron chi connectivity index (χ0n) is 12.5. The van der Waals surface area contributed by atoms with Crippen LogP contribution in [0.25, 0.3) is 0 Å². The van der Waals surface area contributed by atoms with Gasteiger partial charge in [0.2, 0.25) is 0 Å². The zero-order chi connectivity index (χ0) is 15.2. The van der Waals surface area contributed by atoms with Crippen LogP contribution in [-0.4, -0.2) is 40.1 Å². The van der Waals surface area contributed by atoms with Crippen LogP contribution in [0.3, 0.4) is 0 Å². The van der Waals surface area contributed by atoms with Crippen LogP contribution in [-0.2, 0) is 20.8 Å². The molecule has 0 bridgehead atoms.